The van der Waals surface area contributed by atoms with Gasteiger partial charge in [-0.05, 0) is 43.1 Å². The molecule has 1 aliphatic heterocycles. The van der Waals surface area contributed by atoms with Gasteiger partial charge >= 0.3 is 0 Å². The fourth-order valence-corrected chi connectivity index (χ4v) is 3.01. The largest absolute Gasteiger partial charge is 0.392 e. The molecule has 1 atom stereocenters. The molecule has 2 aromatic rings. The van der Waals surface area contributed by atoms with E-state index in [1.165, 1.54) is 0 Å². The number of hydrogen-bond donors (Lipinski definition) is 1. The van der Waals surface area contributed by atoms with Crippen LogP contribution in [0.1, 0.15) is 18.4 Å². The third-order valence-corrected chi connectivity index (χ3v) is 3.84. The van der Waals surface area contributed by atoms with Crippen molar-refractivity contribution in [3.8, 4) is 0 Å². The lowest BCUT2D eigenvalue weighted by Gasteiger charge is -2.30. The number of aliphatic hydroxyl groups is 1. The SMILES string of the molecule is O[C@H]1CCCN(Cc2cc(Cl)cc3cccnc23)C1. The van der Waals surface area contributed by atoms with Crippen molar-refractivity contribution in [1.29, 1.82) is 0 Å². The third kappa shape index (κ3) is 2.89. The van der Waals surface area contributed by atoms with Gasteiger partial charge in [-0.2, -0.15) is 0 Å². The summed E-state index contributed by atoms with van der Waals surface area (Å²) >= 11 is 6.17. The Labute approximate surface area is 117 Å². The van der Waals surface area contributed by atoms with Gasteiger partial charge in [-0.1, -0.05) is 17.7 Å². The molecule has 1 saturated heterocycles. The van der Waals surface area contributed by atoms with Crippen LogP contribution in [0.2, 0.25) is 5.02 Å². The maximum absolute atomic E-state index is 9.74. The van der Waals surface area contributed by atoms with Gasteiger partial charge in [-0.25, -0.2) is 0 Å². The summed E-state index contributed by atoms with van der Waals surface area (Å²) in [6.45, 7) is 2.56. The summed E-state index contributed by atoms with van der Waals surface area (Å²) in [6.07, 6.45) is 3.57. The van der Waals surface area contributed by atoms with Crippen molar-refractivity contribution in [2.75, 3.05) is 13.1 Å². The van der Waals surface area contributed by atoms with Gasteiger partial charge in [0.25, 0.3) is 0 Å². The van der Waals surface area contributed by atoms with Gasteiger partial charge in [0.15, 0.2) is 0 Å². The molecule has 1 N–H and O–H groups in total. The summed E-state index contributed by atoms with van der Waals surface area (Å²) in [4.78, 5) is 6.73. The number of nitrogens with zero attached hydrogens (tertiary/aromatic N) is 2. The average molecular weight is 277 g/mol. The molecule has 100 valence electrons. The van der Waals surface area contributed by atoms with E-state index in [1.54, 1.807) is 0 Å². The molecule has 2 heterocycles. The van der Waals surface area contributed by atoms with Gasteiger partial charge in [-0.15, -0.1) is 0 Å². The zero-order valence-electron chi connectivity index (χ0n) is 10.7. The van der Waals surface area contributed by atoms with E-state index in [1.807, 2.05) is 30.5 Å². The second kappa shape index (κ2) is 5.45. The molecule has 0 radical (unpaired) electrons. The minimum Gasteiger partial charge on any atom is -0.392 e. The Kier molecular flexibility index (Phi) is 3.69. The monoisotopic (exact) mass is 276 g/mol. The highest BCUT2D eigenvalue weighted by molar-refractivity contribution is 6.31. The fourth-order valence-electron chi connectivity index (χ4n) is 2.76. The molecule has 0 spiro atoms. The minimum absolute atomic E-state index is 0.202. The predicted octanol–water partition coefficient (Wildman–Crippen LogP) is 2.84. The molecular weight excluding hydrogens is 260 g/mol. The fraction of sp³-hybridized carbons (Fsp3) is 0.400. The summed E-state index contributed by atoms with van der Waals surface area (Å²) in [6, 6.07) is 7.88. The molecular formula is C15H17ClN2O. The highest BCUT2D eigenvalue weighted by Crippen LogP contribution is 2.24. The zero-order chi connectivity index (χ0) is 13.2. The van der Waals surface area contributed by atoms with Crippen molar-refractivity contribution in [3.63, 3.8) is 0 Å². The molecule has 1 aromatic carbocycles. The second-order valence-electron chi connectivity index (χ2n) is 5.17. The minimum atomic E-state index is -0.202. The summed E-state index contributed by atoms with van der Waals surface area (Å²) < 4.78 is 0. The lowest BCUT2D eigenvalue weighted by molar-refractivity contribution is 0.0670. The van der Waals surface area contributed by atoms with Crippen molar-refractivity contribution < 1.29 is 5.11 Å². The third-order valence-electron chi connectivity index (χ3n) is 3.62. The number of β-amino-alcohol motifs (C(OH)–C–C–N with tert-alkyl or cyclic N) is 1. The van der Waals surface area contributed by atoms with E-state index in [9.17, 15) is 5.11 Å². The van der Waals surface area contributed by atoms with Gasteiger partial charge < -0.3 is 5.11 Å². The number of halogens is 1. The maximum atomic E-state index is 9.74. The van der Waals surface area contributed by atoms with E-state index < -0.39 is 0 Å². The van der Waals surface area contributed by atoms with Crippen LogP contribution in [-0.4, -0.2) is 34.2 Å². The smallest absolute Gasteiger partial charge is 0.0747 e. The van der Waals surface area contributed by atoms with Crippen molar-refractivity contribution in [2.24, 2.45) is 0 Å². The zero-order valence-corrected chi connectivity index (χ0v) is 11.5. The Morgan fingerprint density at radius 1 is 1.42 bits per heavy atom. The van der Waals surface area contributed by atoms with Crippen LogP contribution in [0.15, 0.2) is 30.5 Å². The van der Waals surface area contributed by atoms with Crippen molar-refractivity contribution in [2.45, 2.75) is 25.5 Å². The Morgan fingerprint density at radius 3 is 3.16 bits per heavy atom. The number of benzene rings is 1. The topological polar surface area (TPSA) is 36.4 Å². The Hall–Kier alpha value is -1.16. The number of pyridine rings is 1. The van der Waals surface area contributed by atoms with Crippen LogP contribution in [0.5, 0.6) is 0 Å². The number of rotatable bonds is 2. The summed E-state index contributed by atoms with van der Waals surface area (Å²) in [5.41, 5.74) is 2.14. The molecule has 0 amide bonds. The van der Waals surface area contributed by atoms with Gasteiger partial charge in [0.1, 0.15) is 0 Å². The predicted molar refractivity (Wildman–Crippen MR) is 77.3 cm³/mol. The number of likely N-dealkylation sites (tertiary alicyclic amines) is 1. The molecule has 1 aromatic heterocycles. The van der Waals surface area contributed by atoms with Crippen LogP contribution in [0.3, 0.4) is 0 Å². The number of piperidine rings is 1. The normalized spacial score (nSPS) is 20.8. The summed E-state index contributed by atoms with van der Waals surface area (Å²) in [7, 11) is 0. The van der Waals surface area contributed by atoms with Gasteiger partial charge in [0, 0.05) is 29.7 Å². The summed E-state index contributed by atoms with van der Waals surface area (Å²) in [5.74, 6) is 0. The molecule has 0 unspecified atom stereocenters. The lowest BCUT2D eigenvalue weighted by atomic mass is 10.1. The van der Waals surface area contributed by atoms with E-state index in [-0.39, 0.29) is 6.10 Å². The van der Waals surface area contributed by atoms with Crippen LogP contribution in [0, 0.1) is 0 Å². The Bertz CT molecular complexity index is 587. The molecule has 1 fully saturated rings. The molecule has 0 aliphatic carbocycles. The molecule has 3 rings (SSSR count). The van der Waals surface area contributed by atoms with Crippen LogP contribution >= 0.6 is 11.6 Å². The van der Waals surface area contributed by atoms with Gasteiger partial charge in [0.2, 0.25) is 0 Å². The number of fused-ring (bicyclic) bond motifs is 1. The Balaban J connectivity index is 1.91. The second-order valence-corrected chi connectivity index (χ2v) is 5.61. The Morgan fingerprint density at radius 2 is 2.32 bits per heavy atom. The number of aromatic nitrogens is 1. The first-order valence-corrected chi connectivity index (χ1v) is 7.04. The average Bonchev–Trinajstić information content (AvgIpc) is 2.38. The van der Waals surface area contributed by atoms with Crippen molar-refractivity contribution in [3.05, 3.63) is 41.0 Å². The maximum Gasteiger partial charge on any atom is 0.0747 e. The quantitative estimate of drug-likeness (QED) is 0.916. The highest BCUT2D eigenvalue weighted by atomic mass is 35.5. The highest BCUT2D eigenvalue weighted by Gasteiger charge is 2.18. The lowest BCUT2D eigenvalue weighted by Crippen LogP contribution is -2.37. The van der Waals surface area contributed by atoms with Gasteiger partial charge in [-0.3, -0.25) is 9.88 Å². The van der Waals surface area contributed by atoms with Crippen LogP contribution in [0.25, 0.3) is 10.9 Å². The van der Waals surface area contributed by atoms with Crippen molar-refractivity contribution >= 4 is 22.5 Å². The van der Waals surface area contributed by atoms with E-state index in [0.717, 1.165) is 54.0 Å². The van der Waals surface area contributed by atoms with E-state index in [4.69, 9.17) is 11.6 Å². The standard InChI is InChI=1S/C15H17ClN2O/c16-13-7-11-3-1-5-17-15(11)12(8-13)9-18-6-2-4-14(19)10-18/h1,3,5,7-8,14,19H,2,4,6,9-10H2/t14-/m0/s1. The molecule has 1 aliphatic rings. The first-order valence-electron chi connectivity index (χ1n) is 6.66. The molecule has 19 heavy (non-hydrogen) atoms. The van der Waals surface area contributed by atoms with E-state index >= 15 is 0 Å². The summed E-state index contributed by atoms with van der Waals surface area (Å²) in [5, 5.41) is 11.6. The van der Waals surface area contributed by atoms with E-state index in [2.05, 4.69) is 9.88 Å². The molecule has 0 bridgehead atoms. The van der Waals surface area contributed by atoms with Gasteiger partial charge in [0.05, 0.1) is 11.6 Å². The van der Waals surface area contributed by atoms with Crippen LogP contribution in [-0.2, 0) is 6.54 Å². The van der Waals surface area contributed by atoms with Crippen LogP contribution < -0.4 is 0 Å². The number of hydrogen-bond acceptors (Lipinski definition) is 3. The molecule has 4 heteroatoms. The van der Waals surface area contributed by atoms with Crippen LogP contribution in [0.4, 0.5) is 0 Å². The molecule has 3 nitrogen and oxygen atoms in total. The molecule has 0 saturated carbocycles. The van der Waals surface area contributed by atoms with Crippen molar-refractivity contribution in [1.82, 2.24) is 9.88 Å². The van der Waals surface area contributed by atoms with E-state index in [0.29, 0.717) is 0 Å². The first-order chi connectivity index (χ1) is 9.22. The number of aliphatic hydroxyl groups excluding tert-OH is 1. The first kappa shape index (κ1) is 12.9.